The van der Waals surface area contributed by atoms with Crippen LogP contribution < -0.4 is 0 Å². The van der Waals surface area contributed by atoms with Gasteiger partial charge >= 0.3 is 0 Å². The Balaban J connectivity index is 2.45. The zero-order valence-electron chi connectivity index (χ0n) is 12.7. The van der Waals surface area contributed by atoms with Crippen LogP contribution in [-0.4, -0.2) is 40.4 Å². The first-order chi connectivity index (χ1) is 9.93. The van der Waals surface area contributed by atoms with E-state index in [-0.39, 0.29) is 11.9 Å². The Labute approximate surface area is 130 Å². The molecule has 1 N–H and O–H groups in total. The molecule has 1 atom stereocenters. The van der Waals surface area contributed by atoms with Gasteiger partial charge in [-0.05, 0) is 38.5 Å². The molecule has 1 rings (SSSR count). The number of hydrogen-bond acceptors (Lipinski definition) is 4. The average molecular weight is 306 g/mol. The first-order valence-corrected chi connectivity index (χ1v) is 8.13. The van der Waals surface area contributed by atoms with Gasteiger partial charge in [0.05, 0.1) is 23.5 Å². The predicted molar refractivity (Wildman–Crippen MR) is 85.8 cm³/mol. The highest BCUT2D eigenvalue weighted by molar-refractivity contribution is 7.99. The van der Waals surface area contributed by atoms with Crippen LogP contribution in [-0.2, 0) is 10.5 Å². The SMILES string of the molecule is CC(O)CN(C(=O)CSCc1ccc(C#N)cc1)C(C)C. The van der Waals surface area contributed by atoms with Crippen LogP contribution in [0, 0.1) is 11.3 Å². The second-order valence-corrected chi connectivity index (χ2v) is 6.28. The zero-order valence-corrected chi connectivity index (χ0v) is 13.6. The Morgan fingerprint density at radius 1 is 1.33 bits per heavy atom. The van der Waals surface area contributed by atoms with Gasteiger partial charge in [-0.25, -0.2) is 0 Å². The second-order valence-electron chi connectivity index (χ2n) is 5.29. The number of carbonyl (C=O) groups excluding carboxylic acids is 1. The normalized spacial score (nSPS) is 12.0. The van der Waals surface area contributed by atoms with E-state index >= 15 is 0 Å². The third-order valence-electron chi connectivity index (χ3n) is 2.98. The number of amides is 1. The molecule has 0 aromatic heterocycles. The van der Waals surface area contributed by atoms with Crippen LogP contribution in [0.4, 0.5) is 0 Å². The third kappa shape index (κ3) is 6.19. The summed E-state index contributed by atoms with van der Waals surface area (Å²) in [5, 5.41) is 18.2. The van der Waals surface area contributed by atoms with Crippen LogP contribution in [0.2, 0.25) is 0 Å². The van der Waals surface area contributed by atoms with Crippen LogP contribution in [0.5, 0.6) is 0 Å². The molecular formula is C16H22N2O2S. The summed E-state index contributed by atoms with van der Waals surface area (Å²) < 4.78 is 0. The van der Waals surface area contributed by atoms with Crippen molar-refractivity contribution in [3.05, 3.63) is 35.4 Å². The van der Waals surface area contributed by atoms with E-state index in [2.05, 4.69) is 6.07 Å². The van der Waals surface area contributed by atoms with Crippen molar-refractivity contribution >= 4 is 17.7 Å². The molecule has 114 valence electrons. The lowest BCUT2D eigenvalue weighted by molar-refractivity contribution is -0.131. The maximum atomic E-state index is 12.2. The van der Waals surface area contributed by atoms with Crippen molar-refractivity contribution in [1.29, 1.82) is 5.26 Å². The lowest BCUT2D eigenvalue weighted by Gasteiger charge is -2.28. The lowest BCUT2D eigenvalue weighted by Crippen LogP contribution is -2.42. The number of benzene rings is 1. The standard InChI is InChI=1S/C16H22N2O2S/c1-12(2)18(9-13(3)19)16(20)11-21-10-15-6-4-14(8-17)5-7-15/h4-7,12-13,19H,9-11H2,1-3H3. The summed E-state index contributed by atoms with van der Waals surface area (Å²) in [7, 11) is 0. The van der Waals surface area contributed by atoms with Crippen molar-refractivity contribution in [3.63, 3.8) is 0 Å². The fourth-order valence-corrected chi connectivity index (χ4v) is 2.77. The molecule has 0 spiro atoms. The summed E-state index contributed by atoms with van der Waals surface area (Å²) in [6, 6.07) is 9.55. The fourth-order valence-electron chi connectivity index (χ4n) is 1.90. The molecule has 4 nitrogen and oxygen atoms in total. The molecule has 0 fully saturated rings. The van der Waals surface area contributed by atoms with Gasteiger partial charge in [-0.3, -0.25) is 4.79 Å². The predicted octanol–water partition coefficient (Wildman–Crippen LogP) is 2.41. The summed E-state index contributed by atoms with van der Waals surface area (Å²) in [4.78, 5) is 13.9. The molecule has 0 bridgehead atoms. The number of nitrogens with zero attached hydrogens (tertiary/aromatic N) is 2. The van der Waals surface area contributed by atoms with Gasteiger partial charge in [0.15, 0.2) is 0 Å². The van der Waals surface area contributed by atoms with Crippen molar-refractivity contribution in [2.24, 2.45) is 0 Å². The summed E-state index contributed by atoms with van der Waals surface area (Å²) in [6.45, 7) is 5.96. The van der Waals surface area contributed by atoms with E-state index in [1.54, 1.807) is 35.7 Å². The number of rotatable bonds is 7. The number of carbonyl (C=O) groups is 1. The van der Waals surface area contributed by atoms with Gasteiger partial charge in [-0.1, -0.05) is 12.1 Å². The number of aliphatic hydroxyl groups is 1. The molecule has 1 aromatic rings. The van der Waals surface area contributed by atoms with Crippen molar-refractivity contribution in [3.8, 4) is 6.07 Å². The highest BCUT2D eigenvalue weighted by atomic mass is 32.2. The molecule has 0 aliphatic carbocycles. The summed E-state index contributed by atoms with van der Waals surface area (Å²) in [5.74, 6) is 1.17. The first kappa shape index (κ1) is 17.5. The largest absolute Gasteiger partial charge is 0.392 e. The minimum Gasteiger partial charge on any atom is -0.392 e. The molecule has 0 aliphatic heterocycles. The van der Waals surface area contributed by atoms with E-state index < -0.39 is 6.10 Å². The summed E-state index contributed by atoms with van der Waals surface area (Å²) in [5.41, 5.74) is 1.74. The van der Waals surface area contributed by atoms with Crippen molar-refractivity contribution in [1.82, 2.24) is 4.90 Å². The van der Waals surface area contributed by atoms with Gasteiger partial charge in [0.2, 0.25) is 5.91 Å². The zero-order chi connectivity index (χ0) is 15.8. The van der Waals surface area contributed by atoms with E-state index in [0.29, 0.717) is 17.9 Å². The topological polar surface area (TPSA) is 64.3 Å². The molecule has 0 saturated carbocycles. The molecule has 1 unspecified atom stereocenters. The number of aliphatic hydroxyl groups excluding tert-OH is 1. The van der Waals surface area contributed by atoms with Gasteiger partial charge in [0.1, 0.15) is 0 Å². The summed E-state index contributed by atoms with van der Waals surface area (Å²) >= 11 is 1.54. The quantitative estimate of drug-likeness (QED) is 0.840. The summed E-state index contributed by atoms with van der Waals surface area (Å²) in [6.07, 6.45) is -0.514. The number of nitriles is 1. The van der Waals surface area contributed by atoms with Gasteiger partial charge in [0, 0.05) is 18.3 Å². The van der Waals surface area contributed by atoms with Gasteiger partial charge in [-0.2, -0.15) is 5.26 Å². The van der Waals surface area contributed by atoms with Crippen LogP contribution in [0.15, 0.2) is 24.3 Å². The van der Waals surface area contributed by atoms with Crippen molar-refractivity contribution < 1.29 is 9.90 Å². The molecule has 1 amide bonds. The Kier molecular flexibility index (Phi) is 7.27. The molecule has 21 heavy (non-hydrogen) atoms. The molecule has 5 heteroatoms. The molecular weight excluding hydrogens is 284 g/mol. The average Bonchev–Trinajstić information content (AvgIpc) is 2.45. The molecule has 0 aliphatic rings. The maximum Gasteiger partial charge on any atom is 0.232 e. The number of thioether (sulfide) groups is 1. The molecule has 0 saturated heterocycles. The molecule has 1 aromatic carbocycles. The second kappa shape index (κ2) is 8.71. The van der Waals surface area contributed by atoms with Crippen LogP contribution in [0.1, 0.15) is 31.9 Å². The Morgan fingerprint density at radius 2 is 1.95 bits per heavy atom. The molecule has 0 heterocycles. The lowest BCUT2D eigenvalue weighted by atomic mass is 10.2. The van der Waals surface area contributed by atoms with E-state index in [0.717, 1.165) is 11.3 Å². The van der Waals surface area contributed by atoms with E-state index in [1.165, 1.54) is 0 Å². The van der Waals surface area contributed by atoms with E-state index in [1.807, 2.05) is 26.0 Å². The Bertz CT molecular complexity index is 492. The molecule has 0 radical (unpaired) electrons. The maximum absolute atomic E-state index is 12.2. The van der Waals surface area contributed by atoms with Gasteiger partial charge in [-0.15, -0.1) is 11.8 Å². The first-order valence-electron chi connectivity index (χ1n) is 6.98. The fraction of sp³-hybridized carbons (Fsp3) is 0.500. The van der Waals surface area contributed by atoms with Gasteiger partial charge < -0.3 is 10.0 Å². The highest BCUT2D eigenvalue weighted by Gasteiger charge is 2.18. The van der Waals surface area contributed by atoms with E-state index in [9.17, 15) is 9.90 Å². The monoisotopic (exact) mass is 306 g/mol. The van der Waals surface area contributed by atoms with Crippen molar-refractivity contribution in [2.75, 3.05) is 12.3 Å². The van der Waals surface area contributed by atoms with Crippen LogP contribution >= 0.6 is 11.8 Å². The Morgan fingerprint density at radius 3 is 2.43 bits per heavy atom. The minimum atomic E-state index is -0.514. The smallest absolute Gasteiger partial charge is 0.232 e. The van der Waals surface area contributed by atoms with Crippen molar-refractivity contribution in [2.45, 2.75) is 38.7 Å². The Hall–Kier alpha value is -1.51. The van der Waals surface area contributed by atoms with Gasteiger partial charge in [0.25, 0.3) is 0 Å². The minimum absolute atomic E-state index is 0.0459. The highest BCUT2D eigenvalue weighted by Crippen LogP contribution is 2.14. The number of hydrogen-bond donors (Lipinski definition) is 1. The van der Waals surface area contributed by atoms with Crippen LogP contribution in [0.25, 0.3) is 0 Å². The van der Waals surface area contributed by atoms with E-state index in [4.69, 9.17) is 5.26 Å². The third-order valence-corrected chi connectivity index (χ3v) is 3.97. The van der Waals surface area contributed by atoms with Crippen LogP contribution in [0.3, 0.4) is 0 Å².